The third kappa shape index (κ3) is 3.80. The van der Waals surface area contributed by atoms with Gasteiger partial charge in [-0.2, -0.15) is 0 Å². The first kappa shape index (κ1) is 14.9. The van der Waals surface area contributed by atoms with Crippen molar-refractivity contribution in [2.75, 3.05) is 43.4 Å². The van der Waals surface area contributed by atoms with Crippen molar-refractivity contribution in [1.29, 1.82) is 0 Å². The van der Waals surface area contributed by atoms with Crippen LogP contribution in [0.25, 0.3) is 0 Å². The highest BCUT2D eigenvalue weighted by Gasteiger charge is 2.16. The smallest absolute Gasteiger partial charge is 0.0369 e. The van der Waals surface area contributed by atoms with Gasteiger partial charge in [0, 0.05) is 44.1 Å². The molecule has 0 aliphatic carbocycles. The summed E-state index contributed by atoms with van der Waals surface area (Å²) < 4.78 is 0. The molecule has 1 fully saturated rings. The van der Waals surface area contributed by atoms with Crippen LogP contribution in [0.1, 0.15) is 11.1 Å². The van der Waals surface area contributed by atoms with E-state index in [0.29, 0.717) is 0 Å². The summed E-state index contributed by atoms with van der Waals surface area (Å²) in [7, 11) is 0. The van der Waals surface area contributed by atoms with E-state index in [0.717, 1.165) is 44.8 Å². The van der Waals surface area contributed by atoms with Crippen LogP contribution in [0.3, 0.4) is 0 Å². The van der Waals surface area contributed by atoms with Gasteiger partial charge in [-0.05, 0) is 48.7 Å². The fourth-order valence-electron chi connectivity index (χ4n) is 3.03. The number of rotatable bonds is 4. The van der Waals surface area contributed by atoms with Crippen LogP contribution < -0.4 is 10.6 Å². The summed E-state index contributed by atoms with van der Waals surface area (Å²) in [6, 6.07) is 17.1. The SMILES string of the molecule is Cc1cccc(N2CCN(CCc3ccc(N)cc3)CC2)c1. The van der Waals surface area contributed by atoms with Gasteiger partial charge in [-0.15, -0.1) is 0 Å². The molecule has 2 aromatic carbocycles. The van der Waals surface area contributed by atoms with Crippen molar-refractivity contribution in [3.05, 3.63) is 59.7 Å². The Kier molecular flexibility index (Phi) is 4.64. The third-order valence-electron chi connectivity index (χ3n) is 4.44. The van der Waals surface area contributed by atoms with E-state index >= 15 is 0 Å². The number of nitrogens with two attached hydrogens (primary N) is 1. The van der Waals surface area contributed by atoms with Crippen LogP contribution in [0.15, 0.2) is 48.5 Å². The zero-order valence-electron chi connectivity index (χ0n) is 13.3. The summed E-state index contributed by atoms with van der Waals surface area (Å²) in [5.74, 6) is 0. The Balaban J connectivity index is 1.48. The van der Waals surface area contributed by atoms with E-state index in [1.54, 1.807) is 0 Å². The summed E-state index contributed by atoms with van der Waals surface area (Å²) in [5, 5.41) is 0. The first-order valence-electron chi connectivity index (χ1n) is 8.09. The lowest BCUT2D eigenvalue weighted by Crippen LogP contribution is -2.47. The fraction of sp³-hybridized carbons (Fsp3) is 0.368. The Bertz CT molecular complexity index is 598. The number of hydrogen-bond acceptors (Lipinski definition) is 3. The molecule has 3 rings (SSSR count). The molecule has 116 valence electrons. The molecular weight excluding hydrogens is 270 g/mol. The first-order valence-corrected chi connectivity index (χ1v) is 8.09. The zero-order chi connectivity index (χ0) is 15.4. The molecule has 0 spiro atoms. The number of piperazine rings is 1. The van der Waals surface area contributed by atoms with Crippen molar-refractivity contribution in [2.45, 2.75) is 13.3 Å². The van der Waals surface area contributed by atoms with Crippen LogP contribution in [0.4, 0.5) is 11.4 Å². The summed E-state index contributed by atoms with van der Waals surface area (Å²) >= 11 is 0. The maximum atomic E-state index is 5.73. The van der Waals surface area contributed by atoms with Gasteiger partial charge in [0.1, 0.15) is 0 Å². The quantitative estimate of drug-likeness (QED) is 0.880. The number of nitrogens with zero attached hydrogens (tertiary/aromatic N) is 2. The molecule has 3 nitrogen and oxygen atoms in total. The minimum Gasteiger partial charge on any atom is -0.399 e. The monoisotopic (exact) mass is 295 g/mol. The van der Waals surface area contributed by atoms with Crippen molar-refractivity contribution in [1.82, 2.24) is 4.90 Å². The molecular formula is C19H25N3. The van der Waals surface area contributed by atoms with Gasteiger partial charge in [0.2, 0.25) is 0 Å². The highest BCUT2D eigenvalue weighted by atomic mass is 15.3. The maximum Gasteiger partial charge on any atom is 0.0369 e. The summed E-state index contributed by atoms with van der Waals surface area (Å²) in [4.78, 5) is 5.05. The molecule has 0 amide bonds. The molecule has 0 unspecified atom stereocenters. The number of nitrogen functional groups attached to an aromatic ring is 1. The van der Waals surface area contributed by atoms with Gasteiger partial charge in [0.15, 0.2) is 0 Å². The Hall–Kier alpha value is -2.00. The second-order valence-corrected chi connectivity index (χ2v) is 6.16. The molecule has 1 aliphatic heterocycles. The number of hydrogen-bond donors (Lipinski definition) is 1. The molecule has 22 heavy (non-hydrogen) atoms. The molecule has 0 atom stereocenters. The molecule has 3 heteroatoms. The van der Waals surface area contributed by atoms with Gasteiger partial charge < -0.3 is 10.6 Å². The molecule has 0 bridgehead atoms. The van der Waals surface area contributed by atoms with E-state index in [9.17, 15) is 0 Å². The van der Waals surface area contributed by atoms with Crippen molar-refractivity contribution >= 4 is 11.4 Å². The second-order valence-electron chi connectivity index (χ2n) is 6.16. The number of benzene rings is 2. The first-order chi connectivity index (χ1) is 10.7. The lowest BCUT2D eigenvalue weighted by atomic mass is 10.1. The van der Waals surface area contributed by atoms with E-state index in [2.05, 4.69) is 53.1 Å². The summed E-state index contributed by atoms with van der Waals surface area (Å²) in [6.07, 6.45) is 1.10. The van der Waals surface area contributed by atoms with Crippen molar-refractivity contribution in [2.24, 2.45) is 0 Å². The van der Waals surface area contributed by atoms with Crippen molar-refractivity contribution in [3.8, 4) is 0 Å². The molecule has 0 saturated carbocycles. The van der Waals surface area contributed by atoms with Gasteiger partial charge in [-0.25, -0.2) is 0 Å². The largest absolute Gasteiger partial charge is 0.399 e. The van der Waals surface area contributed by atoms with Gasteiger partial charge in [0.25, 0.3) is 0 Å². The molecule has 2 N–H and O–H groups in total. The minimum absolute atomic E-state index is 0.843. The van der Waals surface area contributed by atoms with E-state index in [4.69, 9.17) is 5.73 Å². The number of aryl methyl sites for hydroxylation is 1. The highest BCUT2D eigenvalue weighted by molar-refractivity contribution is 5.48. The Morgan fingerprint density at radius 2 is 1.68 bits per heavy atom. The summed E-state index contributed by atoms with van der Waals surface area (Å²) in [5.41, 5.74) is 10.6. The van der Waals surface area contributed by atoms with Crippen LogP contribution in [0.5, 0.6) is 0 Å². The van der Waals surface area contributed by atoms with E-state index < -0.39 is 0 Å². The topological polar surface area (TPSA) is 32.5 Å². The summed E-state index contributed by atoms with van der Waals surface area (Å²) in [6.45, 7) is 7.81. The number of anilines is 2. The zero-order valence-corrected chi connectivity index (χ0v) is 13.3. The van der Waals surface area contributed by atoms with Gasteiger partial charge in [0.05, 0.1) is 0 Å². The predicted octanol–water partition coefficient (Wildman–Crippen LogP) is 2.94. The van der Waals surface area contributed by atoms with Crippen LogP contribution in [0.2, 0.25) is 0 Å². The lowest BCUT2D eigenvalue weighted by molar-refractivity contribution is 0.261. The average molecular weight is 295 g/mol. The third-order valence-corrected chi connectivity index (χ3v) is 4.44. The molecule has 1 aliphatic rings. The van der Waals surface area contributed by atoms with Crippen LogP contribution >= 0.6 is 0 Å². The predicted molar refractivity (Wildman–Crippen MR) is 94.4 cm³/mol. The lowest BCUT2D eigenvalue weighted by Gasteiger charge is -2.36. The fourth-order valence-corrected chi connectivity index (χ4v) is 3.03. The molecule has 2 aromatic rings. The maximum absolute atomic E-state index is 5.73. The van der Waals surface area contributed by atoms with E-state index in [1.165, 1.54) is 16.8 Å². The molecule has 0 radical (unpaired) electrons. The second kappa shape index (κ2) is 6.84. The molecule has 0 aromatic heterocycles. The Morgan fingerprint density at radius 3 is 2.36 bits per heavy atom. The normalized spacial score (nSPS) is 16.0. The van der Waals surface area contributed by atoms with Gasteiger partial charge in [-0.1, -0.05) is 24.3 Å². The average Bonchev–Trinajstić information content (AvgIpc) is 2.55. The van der Waals surface area contributed by atoms with E-state index in [1.807, 2.05) is 12.1 Å². The Morgan fingerprint density at radius 1 is 0.955 bits per heavy atom. The molecule has 1 heterocycles. The van der Waals surface area contributed by atoms with Crippen LogP contribution in [0, 0.1) is 6.92 Å². The van der Waals surface area contributed by atoms with Crippen molar-refractivity contribution in [3.63, 3.8) is 0 Å². The molecule has 1 saturated heterocycles. The van der Waals surface area contributed by atoms with Crippen molar-refractivity contribution < 1.29 is 0 Å². The van der Waals surface area contributed by atoms with Crippen LogP contribution in [-0.2, 0) is 6.42 Å². The van der Waals surface area contributed by atoms with Gasteiger partial charge >= 0.3 is 0 Å². The van der Waals surface area contributed by atoms with E-state index in [-0.39, 0.29) is 0 Å². The van der Waals surface area contributed by atoms with Crippen LogP contribution in [-0.4, -0.2) is 37.6 Å². The standard InChI is InChI=1S/C19H25N3/c1-16-3-2-4-19(15-16)22-13-11-21(12-14-22)10-9-17-5-7-18(20)8-6-17/h2-8,15H,9-14,20H2,1H3. The highest BCUT2D eigenvalue weighted by Crippen LogP contribution is 2.18. The minimum atomic E-state index is 0.843. The van der Waals surface area contributed by atoms with Gasteiger partial charge in [-0.3, -0.25) is 4.90 Å². The Labute approximate surface area is 133 Å².